The maximum absolute atomic E-state index is 10.8. The highest BCUT2D eigenvalue weighted by molar-refractivity contribution is 5.74. The molecule has 0 N–H and O–H groups in total. The van der Waals surface area contributed by atoms with Crippen LogP contribution >= 0.6 is 0 Å². The number of hydrogen-bond acceptors (Lipinski definition) is 1. The minimum Gasteiger partial charge on any atom is -0.342 e. The average Bonchev–Trinajstić information content (AvgIpc) is 2.02. The van der Waals surface area contributed by atoms with E-state index in [9.17, 15) is 4.79 Å². The van der Waals surface area contributed by atoms with Gasteiger partial charge in [-0.3, -0.25) is 4.79 Å². The largest absolute Gasteiger partial charge is 0.342 e. The predicted octanol–water partition coefficient (Wildman–Crippen LogP) is 2.29. The lowest BCUT2D eigenvalue weighted by Crippen LogP contribution is -2.55. The first-order valence-corrected chi connectivity index (χ1v) is 4.83. The third-order valence-electron chi connectivity index (χ3n) is 2.44. The van der Waals surface area contributed by atoms with Crippen molar-refractivity contribution in [2.45, 2.75) is 41.0 Å². The Morgan fingerprint density at radius 3 is 2.08 bits per heavy atom. The van der Waals surface area contributed by atoms with Gasteiger partial charge in [-0.25, -0.2) is 0 Å². The Kier molecular flexibility index (Phi) is 4.29. The van der Waals surface area contributed by atoms with Crippen molar-refractivity contribution in [1.82, 2.24) is 4.90 Å². The van der Waals surface area contributed by atoms with E-state index >= 15 is 0 Å². The van der Waals surface area contributed by atoms with Gasteiger partial charge in [-0.1, -0.05) is 27.7 Å². The van der Waals surface area contributed by atoms with E-state index in [1.54, 1.807) is 6.92 Å². The number of hydrogen-bond donors (Lipinski definition) is 0. The van der Waals surface area contributed by atoms with E-state index in [1.807, 2.05) is 18.7 Å². The summed E-state index contributed by atoms with van der Waals surface area (Å²) in [6, 6.07) is 0. The quantitative estimate of drug-likeness (QED) is 0.592. The number of likely N-dealkylation sites (tertiary alicyclic amines) is 1. The molecule has 1 saturated heterocycles. The second-order valence-electron chi connectivity index (χ2n) is 3.54. The van der Waals surface area contributed by atoms with Gasteiger partial charge >= 0.3 is 0 Å². The zero-order chi connectivity index (χ0) is 9.78. The van der Waals surface area contributed by atoms with Crippen LogP contribution in [0.4, 0.5) is 0 Å². The molecule has 1 aliphatic rings. The van der Waals surface area contributed by atoms with Gasteiger partial charge in [0.15, 0.2) is 0 Å². The fourth-order valence-electron chi connectivity index (χ4n) is 1.32. The van der Waals surface area contributed by atoms with E-state index in [4.69, 9.17) is 0 Å². The van der Waals surface area contributed by atoms with Crippen LogP contribution in [0.1, 0.15) is 41.0 Å². The fraction of sp³-hybridized carbons (Fsp3) is 0.900. The van der Waals surface area contributed by atoms with E-state index in [-0.39, 0.29) is 5.91 Å². The summed E-state index contributed by atoms with van der Waals surface area (Å²) in [6.45, 7) is 12.0. The van der Waals surface area contributed by atoms with Crippen LogP contribution in [-0.2, 0) is 4.79 Å². The standard InChI is InChI=1S/C8H15NO.C2H6/c1-4-8(3)5-9(6-8)7(2)10;1-2/h4-6H2,1-3H3;1-2H3. The second kappa shape index (κ2) is 4.48. The van der Waals surface area contributed by atoms with Crippen LogP contribution in [0.3, 0.4) is 0 Å². The van der Waals surface area contributed by atoms with Gasteiger partial charge in [0, 0.05) is 25.4 Å². The van der Waals surface area contributed by atoms with Gasteiger partial charge in [0.2, 0.25) is 5.91 Å². The van der Waals surface area contributed by atoms with E-state index in [2.05, 4.69) is 13.8 Å². The topological polar surface area (TPSA) is 20.3 Å². The van der Waals surface area contributed by atoms with E-state index in [0.29, 0.717) is 5.41 Å². The fourth-order valence-corrected chi connectivity index (χ4v) is 1.32. The molecule has 0 aliphatic carbocycles. The first-order chi connectivity index (χ1) is 5.57. The van der Waals surface area contributed by atoms with E-state index in [0.717, 1.165) is 13.1 Å². The van der Waals surface area contributed by atoms with E-state index in [1.165, 1.54) is 6.42 Å². The molecular weight excluding hydrogens is 150 g/mol. The van der Waals surface area contributed by atoms with Crippen LogP contribution in [-0.4, -0.2) is 23.9 Å². The molecule has 0 saturated carbocycles. The summed E-state index contributed by atoms with van der Waals surface area (Å²) in [5.74, 6) is 0.214. The first kappa shape index (κ1) is 11.5. The molecule has 0 aromatic rings. The lowest BCUT2D eigenvalue weighted by molar-refractivity contribution is -0.140. The summed E-state index contributed by atoms with van der Waals surface area (Å²) >= 11 is 0. The molecule has 0 aromatic carbocycles. The summed E-state index contributed by atoms with van der Waals surface area (Å²) < 4.78 is 0. The van der Waals surface area contributed by atoms with Gasteiger partial charge in [-0.05, 0) is 6.42 Å². The van der Waals surface area contributed by atoms with Crippen molar-refractivity contribution in [3.8, 4) is 0 Å². The summed E-state index contributed by atoms with van der Waals surface area (Å²) in [5, 5.41) is 0. The van der Waals surface area contributed by atoms with E-state index < -0.39 is 0 Å². The molecule has 0 spiro atoms. The molecule has 0 radical (unpaired) electrons. The van der Waals surface area contributed by atoms with Crippen molar-refractivity contribution in [1.29, 1.82) is 0 Å². The third-order valence-corrected chi connectivity index (χ3v) is 2.44. The number of carbonyl (C=O) groups is 1. The van der Waals surface area contributed by atoms with Crippen LogP contribution in [0.2, 0.25) is 0 Å². The number of amides is 1. The van der Waals surface area contributed by atoms with Crippen LogP contribution < -0.4 is 0 Å². The second-order valence-corrected chi connectivity index (χ2v) is 3.54. The Hall–Kier alpha value is -0.530. The summed E-state index contributed by atoms with van der Waals surface area (Å²) in [6.07, 6.45) is 1.18. The average molecular weight is 171 g/mol. The van der Waals surface area contributed by atoms with Crippen molar-refractivity contribution >= 4 is 5.91 Å². The molecule has 0 bridgehead atoms. The summed E-state index contributed by atoms with van der Waals surface area (Å²) in [5.41, 5.74) is 0.422. The number of nitrogens with zero attached hydrogens (tertiary/aromatic N) is 1. The van der Waals surface area contributed by atoms with Gasteiger partial charge in [-0.2, -0.15) is 0 Å². The van der Waals surface area contributed by atoms with Gasteiger partial charge in [0.1, 0.15) is 0 Å². The highest BCUT2D eigenvalue weighted by atomic mass is 16.2. The van der Waals surface area contributed by atoms with Crippen LogP contribution in [0.25, 0.3) is 0 Å². The van der Waals surface area contributed by atoms with Gasteiger partial charge < -0.3 is 4.90 Å². The Labute approximate surface area is 75.9 Å². The maximum Gasteiger partial charge on any atom is 0.219 e. The van der Waals surface area contributed by atoms with Gasteiger partial charge in [0.05, 0.1) is 0 Å². The highest BCUT2D eigenvalue weighted by Gasteiger charge is 2.37. The molecule has 1 fully saturated rings. The molecule has 12 heavy (non-hydrogen) atoms. The van der Waals surface area contributed by atoms with Crippen LogP contribution in [0.5, 0.6) is 0 Å². The van der Waals surface area contributed by atoms with Crippen molar-refractivity contribution in [2.75, 3.05) is 13.1 Å². The van der Waals surface area contributed by atoms with Gasteiger partial charge in [0.25, 0.3) is 0 Å². The third kappa shape index (κ3) is 2.50. The maximum atomic E-state index is 10.8. The number of rotatable bonds is 1. The Morgan fingerprint density at radius 1 is 1.42 bits per heavy atom. The van der Waals surface area contributed by atoms with Gasteiger partial charge in [-0.15, -0.1) is 0 Å². The Balaban J connectivity index is 0.000000561. The molecule has 1 amide bonds. The van der Waals surface area contributed by atoms with Crippen molar-refractivity contribution in [2.24, 2.45) is 5.41 Å². The monoisotopic (exact) mass is 171 g/mol. The molecule has 1 heterocycles. The zero-order valence-corrected chi connectivity index (χ0v) is 8.98. The lowest BCUT2D eigenvalue weighted by atomic mass is 9.79. The summed E-state index contributed by atoms with van der Waals surface area (Å²) in [7, 11) is 0. The smallest absolute Gasteiger partial charge is 0.219 e. The molecule has 2 nitrogen and oxygen atoms in total. The molecule has 0 aromatic heterocycles. The molecule has 1 rings (SSSR count). The number of carbonyl (C=O) groups excluding carboxylic acids is 1. The summed E-state index contributed by atoms with van der Waals surface area (Å²) in [4.78, 5) is 12.6. The van der Waals surface area contributed by atoms with Crippen LogP contribution in [0, 0.1) is 5.41 Å². The molecular formula is C10H21NO. The van der Waals surface area contributed by atoms with Crippen molar-refractivity contribution in [3.05, 3.63) is 0 Å². The lowest BCUT2D eigenvalue weighted by Gasteiger charge is -2.47. The SMILES string of the molecule is CC.CCC1(C)CN(C(C)=O)C1. The normalized spacial score (nSPS) is 18.9. The minimum atomic E-state index is 0.214. The highest BCUT2D eigenvalue weighted by Crippen LogP contribution is 2.32. The van der Waals surface area contributed by atoms with Crippen molar-refractivity contribution < 1.29 is 4.79 Å². The minimum absolute atomic E-state index is 0.214. The van der Waals surface area contributed by atoms with Crippen LogP contribution in [0.15, 0.2) is 0 Å². The Morgan fingerprint density at radius 2 is 1.83 bits per heavy atom. The first-order valence-electron chi connectivity index (χ1n) is 4.83. The Bertz CT molecular complexity index is 148. The zero-order valence-electron chi connectivity index (χ0n) is 8.98. The molecule has 1 aliphatic heterocycles. The molecule has 0 atom stereocenters. The van der Waals surface area contributed by atoms with Crippen molar-refractivity contribution in [3.63, 3.8) is 0 Å². The molecule has 2 heteroatoms. The predicted molar refractivity (Wildman–Crippen MR) is 52.0 cm³/mol. The molecule has 72 valence electrons. The molecule has 0 unspecified atom stereocenters.